The number of likely N-dealkylation sites (tertiary alicyclic amines) is 1. The summed E-state index contributed by atoms with van der Waals surface area (Å²) in [6.07, 6.45) is 2.58. The zero-order valence-electron chi connectivity index (χ0n) is 7.06. The highest BCUT2D eigenvalue weighted by atomic mass is 15.2. The van der Waals surface area contributed by atoms with Gasteiger partial charge in [0.2, 0.25) is 0 Å². The molecular formula is C8H18N2. The summed E-state index contributed by atoms with van der Waals surface area (Å²) in [6.45, 7) is 5.89. The Morgan fingerprint density at radius 1 is 1.60 bits per heavy atom. The van der Waals surface area contributed by atoms with Crippen molar-refractivity contribution in [1.82, 2.24) is 10.2 Å². The maximum atomic E-state index is 3.52. The molecule has 0 unspecified atom stereocenters. The number of hydrogen-bond donors (Lipinski definition) is 1. The summed E-state index contributed by atoms with van der Waals surface area (Å²) in [4.78, 5) is 2.38. The average Bonchev–Trinajstić information content (AvgIpc) is 2.31. The molecule has 2 nitrogen and oxygen atoms in total. The van der Waals surface area contributed by atoms with E-state index in [1.54, 1.807) is 0 Å². The topological polar surface area (TPSA) is 15.3 Å². The molecule has 0 bridgehead atoms. The van der Waals surface area contributed by atoms with Gasteiger partial charge < -0.3 is 10.2 Å². The van der Waals surface area contributed by atoms with E-state index in [0.29, 0.717) is 0 Å². The van der Waals surface area contributed by atoms with Crippen LogP contribution in [0.15, 0.2) is 0 Å². The van der Waals surface area contributed by atoms with Crippen molar-refractivity contribution in [2.75, 3.05) is 26.7 Å². The minimum atomic E-state index is 0.768. The average molecular weight is 142 g/mol. The summed E-state index contributed by atoms with van der Waals surface area (Å²) in [5.74, 6) is 0. The van der Waals surface area contributed by atoms with Crippen molar-refractivity contribution < 1.29 is 0 Å². The Morgan fingerprint density at radius 2 is 2.40 bits per heavy atom. The highest BCUT2D eigenvalue weighted by Crippen LogP contribution is 2.05. The van der Waals surface area contributed by atoms with Crippen molar-refractivity contribution in [3.63, 3.8) is 0 Å². The van der Waals surface area contributed by atoms with Gasteiger partial charge in [-0.05, 0) is 33.0 Å². The van der Waals surface area contributed by atoms with Crippen molar-refractivity contribution in [1.29, 1.82) is 0 Å². The molecule has 1 aliphatic rings. The van der Waals surface area contributed by atoms with Gasteiger partial charge in [0.1, 0.15) is 0 Å². The molecule has 1 rings (SSSR count). The maximum Gasteiger partial charge on any atom is 0.0207 e. The molecule has 1 saturated heterocycles. The Balaban J connectivity index is 2.06. The molecule has 1 N–H and O–H groups in total. The standard InChI is InChI=1S/C8H18N2/c1-3-5-9-8-4-6-10(2)7-8/h8-9H,3-7H2,1-2H3/t8-/m1/s1. The van der Waals surface area contributed by atoms with Crippen LogP contribution in [0.25, 0.3) is 0 Å². The van der Waals surface area contributed by atoms with Crippen LogP contribution in [0.1, 0.15) is 19.8 Å². The summed E-state index contributed by atoms with van der Waals surface area (Å²) in [5.41, 5.74) is 0. The first-order valence-electron chi connectivity index (χ1n) is 4.25. The third-order valence-corrected chi connectivity index (χ3v) is 2.07. The molecule has 0 spiro atoms. The van der Waals surface area contributed by atoms with Crippen LogP contribution in [0.5, 0.6) is 0 Å². The Bertz CT molecular complexity index is 93.3. The molecule has 0 aromatic carbocycles. The predicted molar refractivity (Wildman–Crippen MR) is 44.2 cm³/mol. The van der Waals surface area contributed by atoms with Gasteiger partial charge in [0.15, 0.2) is 0 Å². The number of hydrogen-bond acceptors (Lipinski definition) is 2. The molecular weight excluding hydrogens is 124 g/mol. The van der Waals surface area contributed by atoms with E-state index in [4.69, 9.17) is 0 Å². The van der Waals surface area contributed by atoms with Gasteiger partial charge in [0.05, 0.1) is 0 Å². The van der Waals surface area contributed by atoms with Crippen molar-refractivity contribution in [2.45, 2.75) is 25.8 Å². The smallest absolute Gasteiger partial charge is 0.0207 e. The van der Waals surface area contributed by atoms with Gasteiger partial charge in [-0.25, -0.2) is 0 Å². The van der Waals surface area contributed by atoms with Gasteiger partial charge in [-0.3, -0.25) is 0 Å². The van der Waals surface area contributed by atoms with Crippen molar-refractivity contribution in [3.05, 3.63) is 0 Å². The van der Waals surface area contributed by atoms with Crippen LogP contribution in [-0.4, -0.2) is 37.6 Å². The SMILES string of the molecule is CCCN[C@@H]1CCN(C)C1. The molecule has 0 radical (unpaired) electrons. The molecule has 0 aromatic heterocycles. The maximum absolute atomic E-state index is 3.52. The second-order valence-corrected chi connectivity index (χ2v) is 3.20. The van der Waals surface area contributed by atoms with E-state index < -0.39 is 0 Å². The molecule has 0 amide bonds. The van der Waals surface area contributed by atoms with Crippen LogP contribution in [0.3, 0.4) is 0 Å². The first-order valence-corrected chi connectivity index (χ1v) is 4.25. The zero-order chi connectivity index (χ0) is 7.40. The lowest BCUT2D eigenvalue weighted by Crippen LogP contribution is -2.31. The molecule has 1 heterocycles. The molecule has 1 fully saturated rings. The van der Waals surface area contributed by atoms with E-state index in [0.717, 1.165) is 6.04 Å². The lowest BCUT2D eigenvalue weighted by Gasteiger charge is -2.10. The lowest BCUT2D eigenvalue weighted by molar-refractivity contribution is 0.398. The Morgan fingerprint density at radius 3 is 2.90 bits per heavy atom. The quantitative estimate of drug-likeness (QED) is 0.623. The fourth-order valence-electron chi connectivity index (χ4n) is 1.45. The van der Waals surface area contributed by atoms with Gasteiger partial charge in [0, 0.05) is 12.6 Å². The predicted octanol–water partition coefficient (Wildman–Crippen LogP) is 0.690. The Hall–Kier alpha value is -0.0800. The van der Waals surface area contributed by atoms with Gasteiger partial charge in [0.25, 0.3) is 0 Å². The van der Waals surface area contributed by atoms with E-state index in [2.05, 4.69) is 24.2 Å². The Labute approximate surface area is 63.6 Å². The van der Waals surface area contributed by atoms with Crippen LogP contribution in [0.2, 0.25) is 0 Å². The van der Waals surface area contributed by atoms with Crippen molar-refractivity contribution in [2.24, 2.45) is 0 Å². The van der Waals surface area contributed by atoms with Crippen molar-refractivity contribution in [3.8, 4) is 0 Å². The molecule has 60 valence electrons. The molecule has 1 aliphatic heterocycles. The van der Waals surface area contributed by atoms with Crippen LogP contribution in [-0.2, 0) is 0 Å². The highest BCUT2D eigenvalue weighted by Gasteiger charge is 2.17. The number of nitrogens with one attached hydrogen (secondary N) is 1. The van der Waals surface area contributed by atoms with E-state index in [1.807, 2.05) is 0 Å². The first kappa shape index (κ1) is 8.02. The number of rotatable bonds is 3. The number of nitrogens with zero attached hydrogens (tertiary/aromatic N) is 1. The largest absolute Gasteiger partial charge is 0.313 e. The third-order valence-electron chi connectivity index (χ3n) is 2.07. The molecule has 1 atom stereocenters. The van der Waals surface area contributed by atoms with Crippen LogP contribution in [0.4, 0.5) is 0 Å². The van der Waals surface area contributed by atoms with E-state index >= 15 is 0 Å². The molecule has 0 saturated carbocycles. The van der Waals surface area contributed by atoms with Gasteiger partial charge in [-0.15, -0.1) is 0 Å². The van der Waals surface area contributed by atoms with Crippen molar-refractivity contribution >= 4 is 0 Å². The molecule has 2 heteroatoms. The summed E-state index contributed by atoms with van der Waals surface area (Å²) in [6, 6.07) is 0.768. The highest BCUT2D eigenvalue weighted by molar-refractivity contribution is 4.78. The molecule has 0 aliphatic carbocycles. The fraction of sp³-hybridized carbons (Fsp3) is 1.00. The fourth-order valence-corrected chi connectivity index (χ4v) is 1.45. The summed E-state index contributed by atoms with van der Waals surface area (Å²) in [7, 11) is 2.19. The molecule has 0 aromatic rings. The second-order valence-electron chi connectivity index (χ2n) is 3.20. The van der Waals surface area contributed by atoms with E-state index in [-0.39, 0.29) is 0 Å². The van der Waals surface area contributed by atoms with Gasteiger partial charge in [-0.1, -0.05) is 6.92 Å². The summed E-state index contributed by atoms with van der Waals surface area (Å²) < 4.78 is 0. The minimum Gasteiger partial charge on any atom is -0.313 e. The van der Waals surface area contributed by atoms with E-state index in [1.165, 1.54) is 32.5 Å². The summed E-state index contributed by atoms with van der Waals surface area (Å²) >= 11 is 0. The second kappa shape index (κ2) is 3.94. The first-order chi connectivity index (χ1) is 4.83. The number of likely N-dealkylation sites (N-methyl/N-ethyl adjacent to an activating group) is 1. The van der Waals surface area contributed by atoms with Crippen LogP contribution >= 0.6 is 0 Å². The minimum absolute atomic E-state index is 0.768. The Kier molecular flexibility index (Phi) is 3.16. The monoisotopic (exact) mass is 142 g/mol. The molecule has 10 heavy (non-hydrogen) atoms. The van der Waals surface area contributed by atoms with Gasteiger partial charge >= 0.3 is 0 Å². The normalized spacial score (nSPS) is 27.6. The zero-order valence-corrected chi connectivity index (χ0v) is 7.06. The van der Waals surface area contributed by atoms with Crippen LogP contribution in [0, 0.1) is 0 Å². The summed E-state index contributed by atoms with van der Waals surface area (Å²) in [5, 5.41) is 3.52. The van der Waals surface area contributed by atoms with Gasteiger partial charge in [-0.2, -0.15) is 0 Å². The lowest BCUT2D eigenvalue weighted by atomic mass is 10.2. The van der Waals surface area contributed by atoms with Crippen LogP contribution < -0.4 is 5.32 Å². The third kappa shape index (κ3) is 2.27. The van der Waals surface area contributed by atoms with E-state index in [9.17, 15) is 0 Å².